The SMILES string of the molecule is CCNc1nc(OC(C)C(F)(F)F)c2cc(C)sc2n1. The van der Waals surface area contributed by atoms with Crippen LogP contribution in [0.15, 0.2) is 6.07 Å². The van der Waals surface area contributed by atoms with Crippen molar-refractivity contribution < 1.29 is 17.9 Å². The van der Waals surface area contributed by atoms with Gasteiger partial charge < -0.3 is 10.1 Å². The lowest BCUT2D eigenvalue weighted by Crippen LogP contribution is -2.31. The van der Waals surface area contributed by atoms with Crippen LogP contribution >= 0.6 is 11.3 Å². The van der Waals surface area contributed by atoms with Crippen molar-refractivity contribution in [2.45, 2.75) is 33.1 Å². The standard InChI is InChI=1S/C12H14F3N3OS/c1-4-16-11-17-9(19-7(3)12(13,14)15)8-5-6(2)20-10(8)18-11/h5,7H,4H2,1-3H3,(H,16,17,18). The lowest BCUT2D eigenvalue weighted by atomic mass is 10.3. The number of thiophene rings is 1. The number of hydrogen-bond acceptors (Lipinski definition) is 5. The second-order valence-corrected chi connectivity index (χ2v) is 5.50. The van der Waals surface area contributed by atoms with E-state index < -0.39 is 12.3 Å². The molecule has 0 aliphatic heterocycles. The third-order valence-corrected chi connectivity index (χ3v) is 3.51. The number of nitrogens with zero attached hydrogens (tertiary/aromatic N) is 2. The molecule has 1 unspecified atom stereocenters. The number of alkyl halides is 3. The van der Waals surface area contributed by atoms with Gasteiger partial charge in [-0.2, -0.15) is 18.2 Å². The van der Waals surface area contributed by atoms with Crippen LogP contribution in [0.5, 0.6) is 5.88 Å². The number of hydrogen-bond donors (Lipinski definition) is 1. The van der Waals surface area contributed by atoms with Crippen molar-refractivity contribution in [1.29, 1.82) is 0 Å². The molecule has 0 saturated carbocycles. The van der Waals surface area contributed by atoms with Gasteiger partial charge in [0.2, 0.25) is 11.8 Å². The summed E-state index contributed by atoms with van der Waals surface area (Å²) < 4.78 is 42.8. The number of aryl methyl sites for hydroxylation is 1. The van der Waals surface area contributed by atoms with E-state index in [1.165, 1.54) is 11.3 Å². The van der Waals surface area contributed by atoms with E-state index in [-0.39, 0.29) is 11.8 Å². The van der Waals surface area contributed by atoms with E-state index in [1.807, 2.05) is 13.8 Å². The third-order valence-electron chi connectivity index (χ3n) is 2.57. The van der Waals surface area contributed by atoms with Crippen molar-refractivity contribution in [2.24, 2.45) is 0 Å². The van der Waals surface area contributed by atoms with Crippen molar-refractivity contribution in [3.8, 4) is 5.88 Å². The van der Waals surface area contributed by atoms with Crippen molar-refractivity contribution >= 4 is 27.5 Å². The van der Waals surface area contributed by atoms with Crippen LogP contribution in [0.2, 0.25) is 0 Å². The molecule has 20 heavy (non-hydrogen) atoms. The Labute approximate surface area is 118 Å². The monoisotopic (exact) mass is 305 g/mol. The van der Waals surface area contributed by atoms with Gasteiger partial charge in [0.15, 0.2) is 6.10 Å². The smallest absolute Gasteiger partial charge is 0.425 e. The number of halogens is 3. The first kappa shape index (κ1) is 14.8. The van der Waals surface area contributed by atoms with E-state index in [9.17, 15) is 13.2 Å². The second kappa shape index (κ2) is 5.43. The van der Waals surface area contributed by atoms with Gasteiger partial charge in [-0.15, -0.1) is 11.3 Å². The number of ether oxygens (including phenoxy) is 1. The summed E-state index contributed by atoms with van der Waals surface area (Å²) >= 11 is 1.39. The molecule has 2 rings (SSSR count). The molecular weight excluding hydrogens is 291 g/mol. The summed E-state index contributed by atoms with van der Waals surface area (Å²) in [6.07, 6.45) is -6.35. The topological polar surface area (TPSA) is 47.0 Å². The molecule has 0 saturated heterocycles. The number of anilines is 1. The van der Waals surface area contributed by atoms with Gasteiger partial charge in [0.05, 0.1) is 5.39 Å². The zero-order valence-corrected chi connectivity index (χ0v) is 12.0. The van der Waals surface area contributed by atoms with Crippen LogP contribution in [0, 0.1) is 6.92 Å². The molecule has 0 aromatic carbocycles. The maximum Gasteiger partial charge on any atom is 0.425 e. The number of nitrogens with one attached hydrogen (secondary N) is 1. The van der Waals surface area contributed by atoms with Gasteiger partial charge in [-0.05, 0) is 26.8 Å². The number of fused-ring (bicyclic) bond motifs is 1. The molecule has 0 aliphatic carbocycles. The van der Waals surface area contributed by atoms with Crippen LogP contribution in [0.4, 0.5) is 19.1 Å². The fourth-order valence-corrected chi connectivity index (χ4v) is 2.45. The first-order valence-corrected chi connectivity index (χ1v) is 6.88. The van der Waals surface area contributed by atoms with E-state index >= 15 is 0 Å². The maximum absolute atomic E-state index is 12.6. The normalized spacial score (nSPS) is 13.5. The quantitative estimate of drug-likeness (QED) is 0.934. The largest absolute Gasteiger partial charge is 0.464 e. The molecule has 2 aromatic heterocycles. The summed E-state index contributed by atoms with van der Waals surface area (Å²) in [6, 6.07) is 1.73. The predicted octanol–water partition coefficient (Wildman–Crippen LogP) is 3.76. The summed E-state index contributed by atoms with van der Waals surface area (Å²) in [7, 11) is 0. The molecule has 0 spiro atoms. The summed E-state index contributed by atoms with van der Waals surface area (Å²) in [5.74, 6) is 0.228. The molecule has 2 aromatic rings. The highest BCUT2D eigenvalue weighted by atomic mass is 32.1. The minimum absolute atomic E-state index is 0.0416. The van der Waals surface area contributed by atoms with Gasteiger partial charge >= 0.3 is 6.18 Å². The highest BCUT2D eigenvalue weighted by Gasteiger charge is 2.38. The molecule has 1 atom stereocenters. The average molecular weight is 305 g/mol. The highest BCUT2D eigenvalue weighted by Crippen LogP contribution is 2.33. The van der Waals surface area contributed by atoms with E-state index in [2.05, 4.69) is 15.3 Å². The van der Waals surface area contributed by atoms with Crippen molar-refractivity contribution in [1.82, 2.24) is 9.97 Å². The summed E-state index contributed by atoms with van der Waals surface area (Å²) in [5.41, 5.74) is 0. The lowest BCUT2D eigenvalue weighted by Gasteiger charge is -2.17. The molecule has 2 heterocycles. The Morgan fingerprint density at radius 1 is 1.40 bits per heavy atom. The van der Waals surface area contributed by atoms with Gasteiger partial charge in [0.1, 0.15) is 4.83 Å². The van der Waals surface area contributed by atoms with Gasteiger partial charge in [0.25, 0.3) is 0 Å². The first-order chi connectivity index (χ1) is 9.31. The molecular formula is C12H14F3N3OS. The lowest BCUT2D eigenvalue weighted by molar-refractivity contribution is -0.189. The molecule has 8 heteroatoms. The minimum Gasteiger partial charge on any atom is -0.464 e. The average Bonchev–Trinajstić information content (AvgIpc) is 2.69. The Hall–Kier alpha value is -1.57. The van der Waals surface area contributed by atoms with Crippen molar-refractivity contribution in [3.63, 3.8) is 0 Å². The molecule has 1 N–H and O–H groups in total. The zero-order valence-electron chi connectivity index (χ0n) is 11.2. The summed E-state index contributed by atoms with van der Waals surface area (Å²) in [4.78, 5) is 9.82. The van der Waals surface area contributed by atoms with Crippen LogP contribution in [0.1, 0.15) is 18.7 Å². The third kappa shape index (κ3) is 3.12. The Morgan fingerprint density at radius 2 is 2.10 bits per heavy atom. The fourth-order valence-electron chi connectivity index (χ4n) is 1.58. The molecule has 0 fully saturated rings. The number of aromatic nitrogens is 2. The molecule has 0 radical (unpaired) electrons. The predicted molar refractivity (Wildman–Crippen MR) is 72.5 cm³/mol. The van der Waals surface area contributed by atoms with Crippen LogP contribution in [0.3, 0.4) is 0 Å². The van der Waals surface area contributed by atoms with Crippen molar-refractivity contribution in [2.75, 3.05) is 11.9 Å². The van der Waals surface area contributed by atoms with E-state index in [4.69, 9.17) is 4.74 Å². The van der Waals surface area contributed by atoms with Crippen molar-refractivity contribution in [3.05, 3.63) is 10.9 Å². The first-order valence-electron chi connectivity index (χ1n) is 6.06. The van der Waals surface area contributed by atoms with E-state index in [0.717, 1.165) is 11.8 Å². The zero-order chi connectivity index (χ0) is 14.9. The Balaban J connectivity index is 2.44. The maximum atomic E-state index is 12.6. The van der Waals surface area contributed by atoms with Crippen LogP contribution in [-0.2, 0) is 0 Å². The van der Waals surface area contributed by atoms with Gasteiger partial charge in [-0.1, -0.05) is 0 Å². The molecule has 0 aliphatic rings. The Morgan fingerprint density at radius 3 is 2.70 bits per heavy atom. The van der Waals surface area contributed by atoms with E-state index in [1.54, 1.807) is 6.07 Å². The fraction of sp³-hybridized carbons (Fsp3) is 0.500. The van der Waals surface area contributed by atoms with Gasteiger partial charge in [-0.3, -0.25) is 0 Å². The van der Waals surface area contributed by atoms with Crippen LogP contribution in [0.25, 0.3) is 10.2 Å². The Kier molecular flexibility index (Phi) is 4.03. The summed E-state index contributed by atoms with van der Waals surface area (Å²) in [5, 5.41) is 3.39. The molecule has 110 valence electrons. The Bertz CT molecular complexity index is 612. The summed E-state index contributed by atoms with van der Waals surface area (Å²) in [6.45, 7) is 5.24. The highest BCUT2D eigenvalue weighted by molar-refractivity contribution is 7.18. The minimum atomic E-state index is -4.43. The molecule has 0 amide bonds. The molecule has 0 bridgehead atoms. The van der Waals surface area contributed by atoms with Crippen LogP contribution in [-0.4, -0.2) is 28.8 Å². The van der Waals surface area contributed by atoms with Gasteiger partial charge in [-0.25, -0.2) is 4.98 Å². The van der Waals surface area contributed by atoms with E-state index in [0.29, 0.717) is 16.8 Å². The molecule has 4 nitrogen and oxygen atoms in total. The van der Waals surface area contributed by atoms with Crippen LogP contribution < -0.4 is 10.1 Å². The number of rotatable bonds is 4. The second-order valence-electron chi connectivity index (χ2n) is 4.26. The van der Waals surface area contributed by atoms with Gasteiger partial charge in [0, 0.05) is 11.4 Å².